The first-order chi connectivity index (χ1) is 55.5. The molecule has 0 spiro atoms. The van der Waals surface area contributed by atoms with Crippen molar-refractivity contribution >= 4 is 156 Å². The molecule has 13 rings (SSSR count). The van der Waals surface area contributed by atoms with Crippen molar-refractivity contribution in [2.24, 2.45) is 0 Å². The molecule has 9 aromatic carbocycles. The lowest BCUT2D eigenvalue weighted by atomic mass is 10.0. The predicted molar refractivity (Wildman–Crippen MR) is 459 cm³/mol. The van der Waals surface area contributed by atoms with E-state index in [-0.39, 0.29) is 40.3 Å². The number of piperidine rings is 2. The number of nitro benzene ring substituents is 1. The van der Waals surface area contributed by atoms with Gasteiger partial charge in [-0.3, -0.25) is 34.1 Å². The zero-order valence-corrected chi connectivity index (χ0v) is 68.5. The number of hydrogen-bond donors (Lipinski definition) is 4. The molecule has 115 heavy (non-hydrogen) atoms. The number of carboxylic acid groups (broad SMARTS) is 2. The highest BCUT2D eigenvalue weighted by Gasteiger charge is 2.28. The molecule has 2 aliphatic rings. The monoisotopic (exact) mass is 1670 g/mol. The molecule has 2 saturated heterocycles. The van der Waals surface area contributed by atoms with E-state index in [9.17, 15) is 43.7 Å². The Bertz CT molecular complexity index is 5160. The fourth-order valence-electron chi connectivity index (χ4n) is 12.5. The number of ketones is 2. The number of esters is 2. The highest BCUT2D eigenvalue weighted by atomic mass is 35.5. The number of benzene rings is 9. The number of ether oxygens (including phenoxy) is 2. The molecule has 2 aromatic heterocycles. The first-order valence-electron chi connectivity index (χ1n) is 36.3. The summed E-state index contributed by atoms with van der Waals surface area (Å²) in [5.74, 6) is 0.732. The van der Waals surface area contributed by atoms with Gasteiger partial charge < -0.3 is 44.4 Å². The van der Waals surface area contributed by atoms with Gasteiger partial charge in [-0.1, -0.05) is 103 Å². The van der Waals surface area contributed by atoms with Gasteiger partial charge in [0.1, 0.15) is 5.56 Å². The smallest absolute Gasteiger partial charge is 0.335 e. The van der Waals surface area contributed by atoms with Crippen molar-refractivity contribution in [1.29, 1.82) is 0 Å². The minimum Gasteiger partial charge on any atom is -0.478 e. The van der Waals surface area contributed by atoms with E-state index >= 15 is 0 Å². The standard InChI is InChI=1S/C27H25N3O3.C27H27N3O.C12H13ClO3S.C12H14O4S.C8H8O2S.2O2S/c1-19-10-11-20-17-26(29(25(20)16-19)21-8-4-2-5-9-21)27(31)23-18-22(12-13-24(23)30(32)33)28-14-6-3-7-15-28;1-19-10-11-20-17-26(30(25(20)16-19)21-8-4-2-5-9-21)27(31)23-18-22(12-13-24(23)28)29-14-6-3-7-15-29;1-16-11(14)5-6-17-8-9-3-2-4-10(7-9)12(13)15;1-16-11(13)5-6-17-8-9-3-2-4-10(7-9)12(14)15;9-8(10)7-3-1-2-6(4-7)5-11;2*1-3-2/h2,4-5,8-13,16-18H,3,6-7,14-15H2,1H3;2,4-5,8-13,16-18H,3,6-7,14-15,28H2,1H3;2-4,7H,5-6,8H2,1H3;2-4,7H,5-6,8H2,1H3,(H,14,15);1-4,11H,5H2,(H,9,10);;. The van der Waals surface area contributed by atoms with Crippen LogP contribution in [0.1, 0.15) is 142 Å². The first kappa shape index (κ1) is 90.9. The van der Waals surface area contributed by atoms with Crippen molar-refractivity contribution in [3.05, 3.63) is 296 Å². The van der Waals surface area contributed by atoms with Crippen molar-refractivity contribution in [2.45, 2.75) is 82.5 Å². The van der Waals surface area contributed by atoms with Gasteiger partial charge >= 0.3 is 47.0 Å². The quantitative estimate of drug-likeness (QED) is 0.00675. The lowest BCUT2D eigenvalue weighted by molar-refractivity contribution is -0.385. The number of thioether (sulfide) groups is 2. The Morgan fingerprint density at radius 2 is 0.870 bits per heavy atom. The average Bonchev–Trinajstić information content (AvgIpc) is 1.63. The minimum absolute atomic E-state index is 0.0472. The topological polar surface area (TPSA) is 332 Å². The summed E-state index contributed by atoms with van der Waals surface area (Å²) < 4.78 is 46.2. The summed E-state index contributed by atoms with van der Waals surface area (Å²) in [4.78, 5) is 97.6. The van der Waals surface area contributed by atoms with Crippen LogP contribution in [0.4, 0.5) is 22.7 Å². The Hall–Kier alpha value is -11.3. The van der Waals surface area contributed by atoms with Crippen LogP contribution in [0.3, 0.4) is 0 Å². The highest BCUT2D eigenvalue weighted by Crippen LogP contribution is 2.35. The number of halogens is 1. The van der Waals surface area contributed by atoms with Crippen molar-refractivity contribution in [2.75, 3.05) is 67.4 Å². The molecule has 0 amide bonds. The van der Waals surface area contributed by atoms with Crippen molar-refractivity contribution < 1.29 is 75.0 Å². The van der Waals surface area contributed by atoms with Gasteiger partial charge in [-0.05, 0) is 201 Å². The number of thiol groups is 1. The number of nitrogen functional groups attached to an aromatic ring is 1. The largest absolute Gasteiger partial charge is 0.478 e. The van der Waals surface area contributed by atoms with Gasteiger partial charge in [0.25, 0.3) is 10.9 Å². The zero-order chi connectivity index (χ0) is 83.3. The molecule has 23 nitrogen and oxygen atoms in total. The maximum atomic E-state index is 13.9. The molecule has 600 valence electrons. The Morgan fingerprint density at radius 1 is 0.478 bits per heavy atom. The number of nitro groups is 1. The number of nitrogens with two attached hydrogens (primary N) is 1. The van der Waals surface area contributed by atoms with Crippen LogP contribution in [-0.4, -0.2) is 134 Å². The fourth-order valence-corrected chi connectivity index (χ4v) is 14.6. The number of rotatable bonds is 23. The Kier molecular flexibility index (Phi) is 37.5. The Morgan fingerprint density at radius 3 is 1.28 bits per heavy atom. The van der Waals surface area contributed by atoms with E-state index in [0.29, 0.717) is 69.6 Å². The van der Waals surface area contributed by atoms with E-state index in [1.165, 1.54) is 46.0 Å². The van der Waals surface area contributed by atoms with Crippen LogP contribution in [0.15, 0.2) is 218 Å². The van der Waals surface area contributed by atoms with Crippen LogP contribution in [0, 0.1) is 24.0 Å². The van der Waals surface area contributed by atoms with E-state index in [4.69, 9.17) is 44.4 Å². The van der Waals surface area contributed by atoms with Gasteiger partial charge in [0, 0.05) is 111 Å². The fraction of sp³-hybridized carbons (Fsp3) is 0.244. The zero-order valence-electron chi connectivity index (χ0n) is 63.6. The summed E-state index contributed by atoms with van der Waals surface area (Å²) in [5, 5.41) is 30.8. The second-order valence-corrected chi connectivity index (χ2v) is 29.2. The van der Waals surface area contributed by atoms with Gasteiger partial charge in [0.05, 0.1) is 65.5 Å². The van der Waals surface area contributed by atoms with E-state index in [0.717, 1.165) is 117 Å². The number of aromatic nitrogens is 2. The number of carboxylic acids is 2. The van der Waals surface area contributed by atoms with Gasteiger partial charge in [-0.25, -0.2) is 9.59 Å². The molecule has 2 fully saturated rings. The summed E-state index contributed by atoms with van der Waals surface area (Å²) in [7, 11) is 2.74. The highest BCUT2D eigenvalue weighted by molar-refractivity contribution is 7.98. The van der Waals surface area contributed by atoms with E-state index in [1.807, 2.05) is 139 Å². The van der Waals surface area contributed by atoms with Crippen LogP contribution in [0.25, 0.3) is 33.2 Å². The molecule has 0 atom stereocenters. The number of carbonyl (C=O) groups excluding carboxylic acids is 5. The van der Waals surface area contributed by atoms with E-state index < -0.39 is 45.2 Å². The van der Waals surface area contributed by atoms with Crippen molar-refractivity contribution in [1.82, 2.24) is 9.13 Å². The number of fused-ring (bicyclic) bond motifs is 2. The third-order valence-electron chi connectivity index (χ3n) is 18.1. The van der Waals surface area contributed by atoms with Crippen LogP contribution in [0.2, 0.25) is 0 Å². The number of aromatic carboxylic acids is 2. The summed E-state index contributed by atoms with van der Waals surface area (Å²) in [6.45, 7) is 7.94. The summed E-state index contributed by atoms with van der Waals surface area (Å²) >= 11 is 11.1. The Labute approximate surface area is 692 Å². The molecule has 4 N–H and O–H groups in total. The maximum absolute atomic E-state index is 13.9. The van der Waals surface area contributed by atoms with Crippen molar-refractivity contribution in [3.8, 4) is 11.4 Å². The molecule has 0 saturated carbocycles. The lowest BCUT2D eigenvalue weighted by Crippen LogP contribution is -2.29. The van der Waals surface area contributed by atoms with Gasteiger partial charge in [-0.2, -0.15) is 53.0 Å². The molecule has 11 aromatic rings. The van der Waals surface area contributed by atoms with Crippen LogP contribution in [-0.2, 0) is 59.5 Å². The molecule has 0 unspecified atom stereocenters. The number of anilines is 3. The van der Waals surface area contributed by atoms with Gasteiger partial charge in [0.15, 0.2) is 0 Å². The van der Waals surface area contributed by atoms with Gasteiger partial charge in [-0.15, -0.1) is 0 Å². The molecule has 4 heterocycles. The number of methoxy groups -OCH3 is 2. The molecule has 2 aliphatic heterocycles. The summed E-state index contributed by atoms with van der Waals surface area (Å²) in [6.07, 6.45) is 7.78. The SMILES string of the molecule is COC(=O)CCSCc1cccc(C(=O)Cl)c1.COC(=O)CCSCc1cccc(C(=O)O)c1.Cc1ccc2cc(C(=O)c3cc(N4CCCCC4)ccc3N)n(-c3ccccc3)c2c1.Cc1ccc2cc(C(=O)c3cc(N4CCCCC4)ccc3[N+](=O)[O-])n(-c3ccccc3)c2c1.O=C(O)c1cccc(CS)c1.O=S=O.O=S=O. The first-order valence-corrected chi connectivity index (χ1v) is 40.9. The third kappa shape index (κ3) is 27.5. The number of hydrogen-bond acceptors (Lipinski definition) is 21. The maximum Gasteiger partial charge on any atom is 0.335 e. The average molecular weight is 1670 g/mol. The number of nitrogens with zero attached hydrogens (tertiary/aromatic N) is 5. The normalized spacial score (nSPS) is 11.9. The van der Waals surface area contributed by atoms with E-state index in [2.05, 4.69) is 61.6 Å². The lowest BCUT2D eigenvalue weighted by Gasteiger charge is -2.29. The second-order valence-electron chi connectivity index (χ2n) is 26.0. The molecule has 0 aliphatic carbocycles. The van der Waals surface area contributed by atoms with Crippen LogP contribution in [0.5, 0.6) is 0 Å². The van der Waals surface area contributed by atoms with Crippen LogP contribution >= 0.6 is 47.8 Å². The molecular weight excluding hydrogens is 1580 g/mol. The second kappa shape index (κ2) is 47.4. The van der Waals surface area contributed by atoms with Gasteiger partial charge in [0.2, 0.25) is 11.6 Å². The number of carbonyl (C=O) groups is 7. The van der Waals surface area contributed by atoms with Crippen molar-refractivity contribution in [3.63, 3.8) is 0 Å². The summed E-state index contributed by atoms with van der Waals surface area (Å²) in [5.41, 5.74) is 20.3. The number of para-hydroxylation sites is 2. The molecule has 0 bridgehead atoms. The Balaban J connectivity index is 0.000000205. The predicted octanol–water partition coefficient (Wildman–Crippen LogP) is 17.3. The molecule has 0 radical (unpaired) electrons. The number of aryl methyl sites for hydroxylation is 2. The summed E-state index contributed by atoms with van der Waals surface area (Å²) in [6, 6.07) is 67.4. The van der Waals surface area contributed by atoms with E-state index in [1.54, 1.807) is 90.3 Å². The third-order valence-corrected chi connectivity index (χ3v) is 20.8. The molecular formula is C86H87ClN6O17S5. The minimum atomic E-state index is -0.925. The molecule has 29 heteroatoms. The van der Waals surface area contributed by atoms with Crippen LogP contribution < -0.4 is 15.5 Å².